The Labute approximate surface area is 139 Å². The van der Waals surface area contributed by atoms with Crippen molar-refractivity contribution in [2.45, 2.75) is 44.9 Å². The van der Waals surface area contributed by atoms with Crippen LogP contribution in [0.25, 0.3) is 0 Å². The first kappa shape index (κ1) is 16.1. The summed E-state index contributed by atoms with van der Waals surface area (Å²) in [5, 5.41) is 10.0. The number of aliphatic hydroxyl groups excluding tert-OH is 1. The molecule has 0 amide bonds. The smallest absolute Gasteiger partial charge is 0.131 e. The van der Waals surface area contributed by atoms with E-state index in [0.717, 1.165) is 17.9 Å². The lowest BCUT2D eigenvalue weighted by atomic mass is 9.77. The van der Waals surface area contributed by atoms with Crippen molar-refractivity contribution in [1.82, 2.24) is 0 Å². The number of fused-ring (bicyclic) bond motifs is 2. The third kappa shape index (κ3) is 3.42. The molecular weight excluding hydrogens is 284 g/mol. The van der Waals surface area contributed by atoms with Crippen LogP contribution in [0.2, 0.25) is 0 Å². The fourth-order valence-electron chi connectivity index (χ4n) is 3.65. The summed E-state index contributed by atoms with van der Waals surface area (Å²) in [6, 6.07) is 16.5. The molecule has 1 aliphatic heterocycles. The van der Waals surface area contributed by atoms with Gasteiger partial charge in [0.2, 0.25) is 0 Å². The normalized spacial score (nSPS) is 14.7. The lowest BCUT2D eigenvalue weighted by molar-refractivity contribution is 0.197. The monoisotopic (exact) mass is 310 g/mol. The molecule has 2 nitrogen and oxygen atoms in total. The zero-order valence-corrected chi connectivity index (χ0v) is 13.9. The fraction of sp³-hybridized carbons (Fsp3) is 0.429. The van der Waals surface area contributed by atoms with Crippen molar-refractivity contribution in [2.24, 2.45) is 5.92 Å². The number of hydrogen-bond acceptors (Lipinski definition) is 2. The van der Waals surface area contributed by atoms with Gasteiger partial charge in [0.1, 0.15) is 11.5 Å². The first-order valence-corrected chi connectivity index (χ1v) is 8.81. The second-order valence-corrected chi connectivity index (χ2v) is 6.45. The van der Waals surface area contributed by atoms with E-state index in [-0.39, 0.29) is 18.4 Å². The first-order valence-electron chi connectivity index (χ1n) is 8.81. The van der Waals surface area contributed by atoms with Gasteiger partial charge in [0.05, 0.1) is 0 Å². The maximum Gasteiger partial charge on any atom is 0.131 e. The first-order chi connectivity index (χ1) is 11.3. The van der Waals surface area contributed by atoms with Gasteiger partial charge in [-0.1, -0.05) is 69.0 Å². The molecule has 2 aromatic rings. The van der Waals surface area contributed by atoms with Crippen molar-refractivity contribution in [3.05, 3.63) is 59.7 Å². The summed E-state index contributed by atoms with van der Waals surface area (Å²) in [5.74, 6) is 2.34. The third-order valence-corrected chi connectivity index (χ3v) is 4.86. The van der Waals surface area contributed by atoms with Crippen LogP contribution in [0.15, 0.2) is 48.5 Å². The Bertz CT molecular complexity index is 590. The molecule has 0 radical (unpaired) electrons. The van der Waals surface area contributed by atoms with Crippen molar-refractivity contribution in [3.8, 4) is 11.5 Å². The minimum Gasteiger partial charge on any atom is -0.457 e. The number of hydrogen-bond donors (Lipinski definition) is 1. The summed E-state index contributed by atoms with van der Waals surface area (Å²) in [5.41, 5.74) is 2.42. The van der Waals surface area contributed by atoms with Crippen molar-refractivity contribution in [3.63, 3.8) is 0 Å². The zero-order valence-electron chi connectivity index (χ0n) is 13.9. The van der Waals surface area contributed by atoms with Crippen LogP contribution in [0, 0.1) is 5.92 Å². The molecule has 0 bridgehead atoms. The Morgan fingerprint density at radius 2 is 1.52 bits per heavy atom. The average Bonchev–Trinajstić information content (AvgIpc) is 2.60. The van der Waals surface area contributed by atoms with E-state index < -0.39 is 0 Å². The molecule has 2 aromatic carbocycles. The number of para-hydroxylation sites is 2. The van der Waals surface area contributed by atoms with E-state index in [1.54, 1.807) is 0 Å². The molecule has 0 aliphatic carbocycles. The Morgan fingerprint density at radius 1 is 0.913 bits per heavy atom. The molecule has 0 aromatic heterocycles. The molecule has 122 valence electrons. The van der Waals surface area contributed by atoms with Crippen LogP contribution in [0.3, 0.4) is 0 Å². The highest BCUT2D eigenvalue weighted by Crippen LogP contribution is 2.48. The lowest BCUT2D eigenvalue weighted by Gasteiger charge is -2.33. The number of benzene rings is 2. The quantitative estimate of drug-likeness (QED) is 0.684. The van der Waals surface area contributed by atoms with Crippen LogP contribution in [-0.4, -0.2) is 11.7 Å². The van der Waals surface area contributed by atoms with Crippen LogP contribution < -0.4 is 4.74 Å². The maximum absolute atomic E-state index is 10.0. The summed E-state index contributed by atoms with van der Waals surface area (Å²) in [7, 11) is 0. The summed E-state index contributed by atoms with van der Waals surface area (Å²) in [6.45, 7) is 2.45. The maximum atomic E-state index is 10.0. The summed E-state index contributed by atoms with van der Waals surface area (Å²) >= 11 is 0. The van der Waals surface area contributed by atoms with Gasteiger partial charge in [0.15, 0.2) is 0 Å². The Morgan fingerprint density at radius 3 is 2.09 bits per heavy atom. The number of ether oxygens (including phenoxy) is 1. The van der Waals surface area contributed by atoms with Gasteiger partial charge in [-0.15, -0.1) is 0 Å². The van der Waals surface area contributed by atoms with Crippen LogP contribution in [-0.2, 0) is 0 Å². The molecule has 1 aliphatic rings. The molecule has 23 heavy (non-hydrogen) atoms. The van der Waals surface area contributed by atoms with Gasteiger partial charge in [-0.3, -0.25) is 0 Å². The van der Waals surface area contributed by atoms with E-state index in [0.29, 0.717) is 0 Å². The van der Waals surface area contributed by atoms with Gasteiger partial charge in [-0.05, 0) is 24.5 Å². The van der Waals surface area contributed by atoms with E-state index in [1.165, 1.54) is 36.8 Å². The summed E-state index contributed by atoms with van der Waals surface area (Å²) < 4.78 is 6.06. The Balaban J connectivity index is 1.90. The van der Waals surface area contributed by atoms with Crippen LogP contribution in [0.4, 0.5) is 0 Å². The second kappa shape index (κ2) is 7.65. The lowest BCUT2D eigenvalue weighted by Crippen LogP contribution is -2.22. The van der Waals surface area contributed by atoms with Crippen LogP contribution >= 0.6 is 0 Å². The number of aliphatic hydroxyl groups is 1. The molecule has 1 N–H and O–H groups in total. The molecule has 2 heteroatoms. The second-order valence-electron chi connectivity index (χ2n) is 6.45. The van der Waals surface area contributed by atoms with E-state index in [9.17, 15) is 5.11 Å². The SMILES string of the molecule is CCCCCC[C@@H](CO)C1c2ccccc2Oc2ccccc21. The standard InChI is InChI=1S/C21H26O2/c1-2-3-4-5-10-16(15-22)21-17-11-6-8-13-19(17)23-20-14-9-7-12-18(20)21/h6-9,11-14,16,21-22H,2-5,10,15H2,1H3/t16-/m0/s1. The van der Waals surface area contributed by atoms with Gasteiger partial charge >= 0.3 is 0 Å². The van der Waals surface area contributed by atoms with E-state index in [2.05, 4.69) is 31.2 Å². The molecule has 3 rings (SSSR count). The van der Waals surface area contributed by atoms with Crippen molar-refractivity contribution in [2.75, 3.05) is 6.61 Å². The van der Waals surface area contributed by atoms with Gasteiger partial charge in [0.25, 0.3) is 0 Å². The topological polar surface area (TPSA) is 29.5 Å². The predicted octanol–water partition coefficient (Wildman–Crippen LogP) is 5.50. The molecule has 1 atom stereocenters. The van der Waals surface area contributed by atoms with Gasteiger partial charge in [-0.25, -0.2) is 0 Å². The minimum absolute atomic E-state index is 0.222. The number of unbranched alkanes of at least 4 members (excludes halogenated alkanes) is 3. The van der Waals surface area contributed by atoms with E-state index in [1.807, 2.05) is 24.3 Å². The molecule has 0 fully saturated rings. The number of rotatable bonds is 7. The highest BCUT2D eigenvalue weighted by atomic mass is 16.5. The van der Waals surface area contributed by atoms with Gasteiger partial charge in [0, 0.05) is 23.7 Å². The van der Waals surface area contributed by atoms with Crippen LogP contribution in [0.5, 0.6) is 11.5 Å². The Kier molecular flexibility index (Phi) is 5.35. The third-order valence-electron chi connectivity index (χ3n) is 4.86. The fourth-order valence-corrected chi connectivity index (χ4v) is 3.65. The summed E-state index contributed by atoms with van der Waals surface area (Å²) in [6.07, 6.45) is 6.01. The van der Waals surface area contributed by atoms with Crippen molar-refractivity contribution in [1.29, 1.82) is 0 Å². The highest BCUT2D eigenvalue weighted by Gasteiger charge is 2.32. The molecule has 1 heterocycles. The molecule has 0 unspecified atom stereocenters. The zero-order chi connectivity index (χ0) is 16.1. The van der Waals surface area contributed by atoms with Crippen molar-refractivity contribution >= 4 is 0 Å². The van der Waals surface area contributed by atoms with Crippen LogP contribution in [0.1, 0.15) is 56.1 Å². The van der Waals surface area contributed by atoms with Crippen molar-refractivity contribution < 1.29 is 9.84 Å². The molecule has 0 saturated heterocycles. The van der Waals surface area contributed by atoms with Gasteiger partial charge in [-0.2, -0.15) is 0 Å². The molecule has 0 spiro atoms. The predicted molar refractivity (Wildman–Crippen MR) is 94.1 cm³/mol. The molecular formula is C21H26O2. The molecule has 0 saturated carbocycles. The van der Waals surface area contributed by atoms with E-state index >= 15 is 0 Å². The van der Waals surface area contributed by atoms with Gasteiger partial charge < -0.3 is 9.84 Å². The van der Waals surface area contributed by atoms with E-state index in [4.69, 9.17) is 4.74 Å². The highest BCUT2D eigenvalue weighted by molar-refractivity contribution is 5.53. The average molecular weight is 310 g/mol. The minimum atomic E-state index is 0.222. The Hall–Kier alpha value is -1.80. The largest absolute Gasteiger partial charge is 0.457 e. The summed E-state index contributed by atoms with van der Waals surface area (Å²) in [4.78, 5) is 0.